The largest absolute Gasteiger partial charge is 0.355 e. The zero-order chi connectivity index (χ0) is 16.7. The van der Waals surface area contributed by atoms with Crippen LogP contribution >= 0.6 is 0 Å². The predicted molar refractivity (Wildman–Crippen MR) is 93.7 cm³/mol. The number of nitrogens with zero attached hydrogens (tertiary/aromatic N) is 6. The minimum atomic E-state index is 0.565. The van der Waals surface area contributed by atoms with Crippen LogP contribution in [0.4, 0.5) is 5.82 Å². The van der Waals surface area contributed by atoms with Gasteiger partial charge in [0.15, 0.2) is 5.82 Å². The molecule has 0 aliphatic carbocycles. The monoisotopic (exact) mass is 325 g/mol. The molecule has 24 heavy (non-hydrogen) atoms. The fraction of sp³-hybridized carbons (Fsp3) is 0.471. The molecule has 7 nitrogen and oxygen atoms in total. The van der Waals surface area contributed by atoms with Gasteiger partial charge in [-0.25, -0.2) is 9.50 Å². The third-order valence-corrected chi connectivity index (χ3v) is 5.06. The first kappa shape index (κ1) is 15.1. The second-order valence-electron chi connectivity index (χ2n) is 6.72. The average Bonchev–Trinajstić information content (AvgIpc) is 3.22. The summed E-state index contributed by atoms with van der Waals surface area (Å²) in [6.07, 6.45) is 8.71. The molecule has 1 aliphatic rings. The first-order valence-electron chi connectivity index (χ1n) is 8.44. The van der Waals surface area contributed by atoms with Gasteiger partial charge in [-0.3, -0.25) is 4.68 Å². The highest BCUT2D eigenvalue weighted by molar-refractivity contribution is 5.72. The van der Waals surface area contributed by atoms with Crippen LogP contribution in [0.2, 0.25) is 0 Å². The van der Waals surface area contributed by atoms with Gasteiger partial charge in [-0.2, -0.15) is 10.2 Å². The van der Waals surface area contributed by atoms with Crippen molar-refractivity contribution in [2.45, 2.75) is 13.3 Å². The number of nitrogens with two attached hydrogens (primary N) is 1. The molecule has 2 atom stereocenters. The molecule has 4 rings (SSSR count). The SMILES string of the molecule is CC1CN(c2nc(-c3cnn(C)c3)cn3nccc23)CCC1CN. The third kappa shape index (κ3) is 2.54. The quantitative estimate of drug-likeness (QED) is 0.790. The molecule has 2 unspecified atom stereocenters. The second kappa shape index (κ2) is 5.90. The molecule has 2 N–H and O–H groups in total. The van der Waals surface area contributed by atoms with E-state index >= 15 is 0 Å². The van der Waals surface area contributed by atoms with Gasteiger partial charge < -0.3 is 10.6 Å². The number of piperidine rings is 1. The lowest BCUT2D eigenvalue weighted by atomic mass is 9.87. The Hall–Kier alpha value is -2.41. The van der Waals surface area contributed by atoms with E-state index in [1.165, 1.54) is 0 Å². The van der Waals surface area contributed by atoms with Crippen molar-refractivity contribution in [3.8, 4) is 11.3 Å². The number of anilines is 1. The van der Waals surface area contributed by atoms with E-state index in [1.54, 1.807) is 4.68 Å². The summed E-state index contributed by atoms with van der Waals surface area (Å²) in [5.41, 5.74) is 8.83. The topological polar surface area (TPSA) is 77.3 Å². The summed E-state index contributed by atoms with van der Waals surface area (Å²) in [6, 6.07) is 2.02. The molecule has 3 aromatic rings. The summed E-state index contributed by atoms with van der Waals surface area (Å²) in [4.78, 5) is 7.31. The number of aromatic nitrogens is 5. The molecule has 1 aliphatic heterocycles. The number of fused-ring (bicyclic) bond motifs is 1. The van der Waals surface area contributed by atoms with Crippen molar-refractivity contribution in [2.24, 2.45) is 24.6 Å². The molecule has 3 aromatic heterocycles. The highest BCUT2D eigenvalue weighted by Crippen LogP contribution is 2.30. The summed E-state index contributed by atoms with van der Waals surface area (Å²) >= 11 is 0. The Balaban J connectivity index is 1.75. The molecule has 1 fully saturated rings. The van der Waals surface area contributed by atoms with Crippen molar-refractivity contribution < 1.29 is 0 Å². The molecule has 126 valence electrons. The van der Waals surface area contributed by atoms with Gasteiger partial charge in [0.1, 0.15) is 5.52 Å². The average molecular weight is 325 g/mol. The summed E-state index contributed by atoms with van der Waals surface area (Å²) < 4.78 is 3.70. The summed E-state index contributed by atoms with van der Waals surface area (Å²) in [6.45, 7) is 5.01. The molecule has 7 heteroatoms. The van der Waals surface area contributed by atoms with Crippen LogP contribution in [0.3, 0.4) is 0 Å². The van der Waals surface area contributed by atoms with E-state index in [-0.39, 0.29) is 0 Å². The third-order valence-electron chi connectivity index (χ3n) is 5.06. The van der Waals surface area contributed by atoms with E-state index in [0.717, 1.165) is 48.6 Å². The minimum absolute atomic E-state index is 0.565. The molecule has 0 radical (unpaired) electrons. The first-order chi connectivity index (χ1) is 11.7. The van der Waals surface area contributed by atoms with E-state index in [4.69, 9.17) is 10.7 Å². The van der Waals surface area contributed by atoms with E-state index < -0.39 is 0 Å². The van der Waals surface area contributed by atoms with E-state index in [2.05, 4.69) is 22.0 Å². The molecule has 0 bridgehead atoms. The Bertz CT molecular complexity index is 850. The fourth-order valence-electron chi connectivity index (χ4n) is 3.57. The summed E-state index contributed by atoms with van der Waals surface area (Å²) in [5.74, 6) is 2.16. The van der Waals surface area contributed by atoms with Crippen LogP contribution in [-0.2, 0) is 7.05 Å². The number of hydrogen-bond acceptors (Lipinski definition) is 5. The Morgan fingerprint density at radius 1 is 1.29 bits per heavy atom. The zero-order valence-corrected chi connectivity index (χ0v) is 14.1. The maximum Gasteiger partial charge on any atom is 0.155 e. The van der Waals surface area contributed by atoms with E-state index in [9.17, 15) is 0 Å². The van der Waals surface area contributed by atoms with Gasteiger partial charge in [-0.05, 0) is 30.9 Å². The normalized spacial score (nSPS) is 21.5. The van der Waals surface area contributed by atoms with Crippen LogP contribution in [0.5, 0.6) is 0 Å². The molecule has 0 spiro atoms. The lowest BCUT2D eigenvalue weighted by Crippen LogP contribution is -2.42. The highest BCUT2D eigenvalue weighted by Gasteiger charge is 2.27. The van der Waals surface area contributed by atoms with Crippen molar-refractivity contribution in [1.29, 1.82) is 0 Å². The Morgan fingerprint density at radius 2 is 2.17 bits per heavy atom. The van der Waals surface area contributed by atoms with Gasteiger partial charge >= 0.3 is 0 Å². The van der Waals surface area contributed by atoms with Crippen LogP contribution in [0, 0.1) is 11.8 Å². The van der Waals surface area contributed by atoms with Gasteiger partial charge in [0.05, 0.1) is 24.3 Å². The molecule has 1 saturated heterocycles. The molecular formula is C17H23N7. The van der Waals surface area contributed by atoms with Gasteiger partial charge in [0.25, 0.3) is 0 Å². The Morgan fingerprint density at radius 3 is 2.88 bits per heavy atom. The van der Waals surface area contributed by atoms with Gasteiger partial charge in [-0.15, -0.1) is 0 Å². The number of hydrogen-bond donors (Lipinski definition) is 1. The van der Waals surface area contributed by atoms with Crippen LogP contribution in [0.1, 0.15) is 13.3 Å². The fourth-order valence-corrected chi connectivity index (χ4v) is 3.57. The molecule has 0 aromatic carbocycles. The molecule has 4 heterocycles. The number of rotatable bonds is 3. The minimum Gasteiger partial charge on any atom is -0.355 e. The molecular weight excluding hydrogens is 302 g/mol. The van der Waals surface area contributed by atoms with Crippen molar-refractivity contribution >= 4 is 11.3 Å². The van der Waals surface area contributed by atoms with Crippen LogP contribution in [0.25, 0.3) is 16.8 Å². The molecule has 0 amide bonds. The highest BCUT2D eigenvalue weighted by atomic mass is 15.3. The second-order valence-corrected chi connectivity index (χ2v) is 6.72. The van der Waals surface area contributed by atoms with Crippen molar-refractivity contribution in [2.75, 3.05) is 24.5 Å². The zero-order valence-electron chi connectivity index (χ0n) is 14.1. The van der Waals surface area contributed by atoms with Gasteiger partial charge in [0.2, 0.25) is 0 Å². The lowest BCUT2D eigenvalue weighted by molar-refractivity contribution is 0.306. The standard InChI is InChI=1S/C17H23N7/c1-12-9-23(6-4-13(12)7-18)17-16-3-5-19-24(16)11-15(21-17)14-8-20-22(2)10-14/h3,5,8,10-13H,4,6-7,9,18H2,1-2H3. The Kier molecular flexibility index (Phi) is 3.72. The summed E-state index contributed by atoms with van der Waals surface area (Å²) in [5, 5.41) is 8.68. The Labute approximate surface area is 141 Å². The van der Waals surface area contributed by atoms with Crippen molar-refractivity contribution in [1.82, 2.24) is 24.4 Å². The van der Waals surface area contributed by atoms with Gasteiger partial charge in [0, 0.05) is 31.9 Å². The number of aryl methyl sites for hydroxylation is 1. The lowest BCUT2D eigenvalue weighted by Gasteiger charge is -2.37. The van der Waals surface area contributed by atoms with Crippen LogP contribution < -0.4 is 10.6 Å². The van der Waals surface area contributed by atoms with Crippen LogP contribution in [0.15, 0.2) is 30.9 Å². The van der Waals surface area contributed by atoms with Crippen molar-refractivity contribution in [3.63, 3.8) is 0 Å². The smallest absolute Gasteiger partial charge is 0.155 e. The first-order valence-corrected chi connectivity index (χ1v) is 8.44. The predicted octanol–water partition coefficient (Wildman–Crippen LogP) is 1.55. The van der Waals surface area contributed by atoms with Gasteiger partial charge in [-0.1, -0.05) is 6.92 Å². The maximum atomic E-state index is 5.90. The maximum absolute atomic E-state index is 5.90. The molecule has 0 saturated carbocycles. The van der Waals surface area contributed by atoms with E-state index in [0.29, 0.717) is 11.8 Å². The van der Waals surface area contributed by atoms with Crippen molar-refractivity contribution in [3.05, 3.63) is 30.9 Å². The van der Waals surface area contributed by atoms with Crippen LogP contribution in [-0.4, -0.2) is 44.0 Å². The van der Waals surface area contributed by atoms with E-state index in [1.807, 2.05) is 42.4 Å². The summed E-state index contributed by atoms with van der Waals surface area (Å²) in [7, 11) is 1.91.